The first-order chi connectivity index (χ1) is 8.06. The molecule has 0 amide bonds. The van der Waals surface area contributed by atoms with Crippen LogP contribution in [0, 0.1) is 6.92 Å². The number of aromatic nitrogens is 2. The van der Waals surface area contributed by atoms with Crippen molar-refractivity contribution < 1.29 is 4.74 Å². The molecule has 0 aliphatic carbocycles. The van der Waals surface area contributed by atoms with Crippen molar-refractivity contribution in [2.45, 2.75) is 19.8 Å². The van der Waals surface area contributed by atoms with Crippen molar-refractivity contribution in [3.05, 3.63) is 28.0 Å². The molecule has 2 N–H and O–H groups in total. The van der Waals surface area contributed by atoms with E-state index >= 15 is 0 Å². The largest absolute Gasteiger partial charge is 0.384 e. The van der Waals surface area contributed by atoms with Crippen LogP contribution in [0.25, 0.3) is 5.65 Å². The van der Waals surface area contributed by atoms with E-state index in [2.05, 4.69) is 27.8 Å². The van der Waals surface area contributed by atoms with Gasteiger partial charge in [0.15, 0.2) is 0 Å². The number of methoxy groups -OCH3 is 1. The summed E-state index contributed by atoms with van der Waals surface area (Å²) in [6, 6.07) is 3.94. The highest BCUT2D eigenvalue weighted by atomic mass is 79.9. The lowest BCUT2D eigenvalue weighted by Gasteiger charge is -2.08. The van der Waals surface area contributed by atoms with E-state index in [-0.39, 0.29) is 5.92 Å². The van der Waals surface area contributed by atoms with E-state index < -0.39 is 0 Å². The zero-order valence-electron chi connectivity index (χ0n) is 10.2. The number of anilines is 1. The van der Waals surface area contributed by atoms with Gasteiger partial charge in [0.05, 0.1) is 12.3 Å². The summed E-state index contributed by atoms with van der Waals surface area (Å²) in [5.41, 5.74) is 9.00. The predicted octanol–water partition coefficient (Wildman–Crippen LogP) is 2.74. The Morgan fingerprint density at radius 1 is 1.53 bits per heavy atom. The number of imidazole rings is 1. The van der Waals surface area contributed by atoms with Gasteiger partial charge in [-0.05, 0) is 35.0 Å². The van der Waals surface area contributed by atoms with Gasteiger partial charge in [-0.25, -0.2) is 4.98 Å². The van der Waals surface area contributed by atoms with E-state index in [0.717, 1.165) is 21.5 Å². The molecule has 0 spiro atoms. The van der Waals surface area contributed by atoms with Crippen molar-refractivity contribution in [3.63, 3.8) is 0 Å². The first-order valence-corrected chi connectivity index (χ1v) is 6.27. The smallest absolute Gasteiger partial charge is 0.138 e. The first-order valence-electron chi connectivity index (χ1n) is 5.48. The van der Waals surface area contributed by atoms with E-state index in [0.29, 0.717) is 12.4 Å². The molecule has 0 aromatic carbocycles. The van der Waals surface area contributed by atoms with Crippen molar-refractivity contribution in [2.24, 2.45) is 0 Å². The monoisotopic (exact) mass is 297 g/mol. The van der Waals surface area contributed by atoms with Crippen LogP contribution in [0.15, 0.2) is 16.6 Å². The third-order valence-corrected chi connectivity index (χ3v) is 3.75. The number of hydrogen-bond acceptors (Lipinski definition) is 3. The molecule has 0 bridgehead atoms. The third kappa shape index (κ3) is 2.05. The molecule has 0 fully saturated rings. The summed E-state index contributed by atoms with van der Waals surface area (Å²) in [4.78, 5) is 4.57. The van der Waals surface area contributed by atoms with Gasteiger partial charge in [-0.3, -0.25) is 4.40 Å². The van der Waals surface area contributed by atoms with Gasteiger partial charge in [-0.2, -0.15) is 0 Å². The lowest BCUT2D eigenvalue weighted by Crippen LogP contribution is -2.06. The van der Waals surface area contributed by atoms with Crippen molar-refractivity contribution in [1.82, 2.24) is 9.38 Å². The van der Waals surface area contributed by atoms with E-state index in [1.54, 1.807) is 7.11 Å². The summed E-state index contributed by atoms with van der Waals surface area (Å²) in [6.07, 6.45) is 0. The van der Waals surface area contributed by atoms with Gasteiger partial charge in [0.25, 0.3) is 0 Å². The van der Waals surface area contributed by atoms with Crippen LogP contribution in [0.5, 0.6) is 0 Å². The fourth-order valence-electron chi connectivity index (χ4n) is 2.00. The summed E-state index contributed by atoms with van der Waals surface area (Å²) in [5, 5.41) is 0. The van der Waals surface area contributed by atoms with Crippen LogP contribution in [0.2, 0.25) is 0 Å². The SMILES string of the molecule is COCC(C)c1nc2ccc(Br)c(C)n2c1N. The number of rotatable bonds is 3. The summed E-state index contributed by atoms with van der Waals surface area (Å²) in [6.45, 7) is 4.69. The van der Waals surface area contributed by atoms with Gasteiger partial charge < -0.3 is 10.5 Å². The molecule has 1 unspecified atom stereocenters. The normalized spacial score (nSPS) is 13.2. The Morgan fingerprint density at radius 3 is 2.88 bits per heavy atom. The van der Waals surface area contributed by atoms with Gasteiger partial charge in [0, 0.05) is 23.2 Å². The molecule has 17 heavy (non-hydrogen) atoms. The Kier molecular flexibility index (Phi) is 3.40. The maximum Gasteiger partial charge on any atom is 0.138 e. The van der Waals surface area contributed by atoms with Crippen molar-refractivity contribution >= 4 is 27.4 Å². The van der Waals surface area contributed by atoms with E-state index in [4.69, 9.17) is 10.5 Å². The molecule has 5 heteroatoms. The molecule has 2 heterocycles. The second-order valence-corrected chi connectivity index (χ2v) is 5.05. The molecule has 4 nitrogen and oxygen atoms in total. The first kappa shape index (κ1) is 12.4. The molecule has 1 atom stereocenters. The van der Waals surface area contributed by atoms with Crippen LogP contribution in [-0.4, -0.2) is 23.1 Å². The number of fused-ring (bicyclic) bond motifs is 1. The van der Waals surface area contributed by atoms with Gasteiger partial charge in [0.2, 0.25) is 0 Å². The van der Waals surface area contributed by atoms with Crippen LogP contribution in [-0.2, 0) is 4.74 Å². The van der Waals surface area contributed by atoms with Crippen LogP contribution in [0.1, 0.15) is 24.2 Å². The number of nitrogens with zero attached hydrogens (tertiary/aromatic N) is 2. The Hall–Kier alpha value is -1.07. The Morgan fingerprint density at radius 2 is 2.24 bits per heavy atom. The van der Waals surface area contributed by atoms with Gasteiger partial charge in [0.1, 0.15) is 11.5 Å². The molecule has 0 aliphatic rings. The summed E-state index contributed by atoms with van der Waals surface area (Å²) in [5.74, 6) is 0.890. The van der Waals surface area contributed by atoms with E-state index in [1.807, 2.05) is 23.5 Å². The van der Waals surface area contributed by atoms with Crippen molar-refractivity contribution in [3.8, 4) is 0 Å². The number of halogens is 1. The predicted molar refractivity (Wildman–Crippen MR) is 72.3 cm³/mol. The standard InChI is InChI=1S/C12H16BrN3O/c1-7(6-17-3)11-12(14)16-8(2)9(13)4-5-10(16)15-11/h4-5,7H,6,14H2,1-3H3. The number of hydrogen-bond donors (Lipinski definition) is 1. The van der Waals surface area contributed by atoms with Crippen LogP contribution in [0.3, 0.4) is 0 Å². The fraction of sp³-hybridized carbons (Fsp3) is 0.417. The highest BCUT2D eigenvalue weighted by Gasteiger charge is 2.17. The summed E-state index contributed by atoms with van der Waals surface area (Å²) < 4.78 is 8.14. The molecule has 2 aromatic rings. The molecular formula is C12H16BrN3O. The highest BCUT2D eigenvalue weighted by Crippen LogP contribution is 2.27. The van der Waals surface area contributed by atoms with Crippen LogP contribution in [0.4, 0.5) is 5.82 Å². The number of pyridine rings is 1. The molecule has 92 valence electrons. The summed E-state index contributed by atoms with van der Waals surface area (Å²) >= 11 is 3.50. The number of ether oxygens (including phenoxy) is 1. The van der Waals surface area contributed by atoms with Gasteiger partial charge in [-0.15, -0.1) is 0 Å². The minimum absolute atomic E-state index is 0.193. The topological polar surface area (TPSA) is 52.5 Å². The maximum atomic E-state index is 6.16. The van der Waals surface area contributed by atoms with Gasteiger partial charge >= 0.3 is 0 Å². The average Bonchev–Trinajstić information content (AvgIpc) is 2.62. The third-order valence-electron chi connectivity index (χ3n) is 2.91. The number of aryl methyl sites for hydroxylation is 1. The molecule has 0 saturated carbocycles. The van der Waals surface area contributed by atoms with Gasteiger partial charge in [-0.1, -0.05) is 6.92 Å². The Labute approximate surface area is 109 Å². The molecule has 0 aliphatic heterocycles. The molecular weight excluding hydrogens is 282 g/mol. The second kappa shape index (κ2) is 4.66. The highest BCUT2D eigenvalue weighted by molar-refractivity contribution is 9.10. The summed E-state index contributed by atoms with van der Waals surface area (Å²) in [7, 11) is 1.68. The number of nitrogen functional groups attached to an aromatic ring is 1. The molecule has 2 rings (SSSR count). The average molecular weight is 298 g/mol. The molecule has 0 radical (unpaired) electrons. The lowest BCUT2D eigenvalue weighted by molar-refractivity contribution is 0.183. The zero-order valence-corrected chi connectivity index (χ0v) is 11.8. The Balaban J connectivity index is 2.61. The van der Waals surface area contributed by atoms with Crippen LogP contribution < -0.4 is 5.73 Å². The minimum atomic E-state index is 0.193. The van der Waals surface area contributed by atoms with Crippen molar-refractivity contribution in [1.29, 1.82) is 0 Å². The number of nitrogens with two attached hydrogens (primary N) is 1. The molecule has 2 aromatic heterocycles. The van der Waals surface area contributed by atoms with Crippen molar-refractivity contribution in [2.75, 3.05) is 19.5 Å². The van der Waals surface area contributed by atoms with E-state index in [9.17, 15) is 0 Å². The van der Waals surface area contributed by atoms with E-state index in [1.165, 1.54) is 0 Å². The fourth-order valence-corrected chi connectivity index (χ4v) is 2.31. The second-order valence-electron chi connectivity index (χ2n) is 4.20. The quantitative estimate of drug-likeness (QED) is 0.948. The van der Waals surface area contributed by atoms with Crippen LogP contribution >= 0.6 is 15.9 Å². The maximum absolute atomic E-state index is 6.16. The minimum Gasteiger partial charge on any atom is -0.384 e. The Bertz CT molecular complexity index is 550. The lowest BCUT2D eigenvalue weighted by atomic mass is 10.1. The zero-order chi connectivity index (χ0) is 12.6. The molecule has 0 saturated heterocycles.